The lowest BCUT2D eigenvalue weighted by atomic mass is 9.85. The third kappa shape index (κ3) is 3.09. The molecule has 1 aliphatic rings. The molecule has 0 amide bonds. The average molecular weight is 261 g/mol. The van der Waals surface area contributed by atoms with Gasteiger partial charge in [-0.05, 0) is 37.3 Å². The van der Waals surface area contributed by atoms with E-state index in [0.29, 0.717) is 11.6 Å². The Kier molecular flexibility index (Phi) is 4.13. The van der Waals surface area contributed by atoms with Gasteiger partial charge in [0.05, 0.1) is 5.92 Å². The monoisotopic (exact) mass is 261 g/mol. The van der Waals surface area contributed by atoms with E-state index in [1.165, 1.54) is 12.8 Å². The Morgan fingerprint density at radius 2 is 2.00 bits per heavy atom. The third-order valence-corrected chi connectivity index (χ3v) is 4.28. The van der Waals surface area contributed by atoms with Gasteiger partial charge in [-0.1, -0.05) is 43.4 Å². The first-order chi connectivity index (χ1) is 8.99. The summed E-state index contributed by atoms with van der Waals surface area (Å²) < 4.78 is 0. The predicted molar refractivity (Wildman–Crippen MR) is 77.3 cm³/mol. The van der Waals surface area contributed by atoms with Crippen molar-refractivity contribution in [1.29, 1.82) is 0 Å². The summed E-state index contributed by atoms with van der Waals surface area (Å²) in [5.41, 5.74) is 9.61. The fourth-order valence-electron chi connectivity index (χ4n) is 3.24. The lowest BCUT2D eigenvalue weighted by Crippen LogP contribution is -2.17. The van der Waals surface area contributed by atoms with Crippen LogP contribution < -0.4 is 5.73 Å². The Morgan fingerprint density at radius 1 is 1.37 bits per heavy atom. The molecule has 2 rings (SSSR count). The number of anilines is 1. The fraction of sp³-hybridized carbons (Fsp3) is 0.562. The van der Waals surface area contributed by atoms with Gasteiger partial charge in [0.15, 0.2) is 0 Å². The number of rotatable bonds is 4. The van der Waals surface area contributed by atoms with E-state index in [1.807, 2.05) is 26.0 Å². The van der Waals surface area contributed by atoms with Crippen molar-refractivity contribution in [3.8, 4) is 0 Å². The molecule has 1 aliphatic carbocycles. The minimum absolute atomic E-state index is 0.457. The van der Waals surface area contributed by atoms with Crippen LogP contribution in [0.15, 0.2) is 12.1 Å². The number of hydrogen-bond donors (Lipinski definition) is 2. The van der Waals surface area contributed by atoms with Gasteiger partial charge in [-0.15, -0.1) is 0 Å². The smallest absolute Gasteiger partial charge is 0.311 e. The van der Waals surface area contributed by atoms with Crippen LogP contribution in [-0.2, 0) is 4.79 Å². The number of nitrogen functional groups attached to an aromatic ring is 1. The summed E-state index contributed by atoms with van der Waals surface area (Å²) in [6.45, 7) is 3.94. The van der Waals surface area contributed by atoms with E-state index in [-0.39, 0.29) is 0 Å². The van der Waals surface area contributed by atoms with Crippen molar-refractivity contribution >= 4 is 11.7 Å². The van der Waals surface area contributed by atoms with Crippen LogP contribution in [0.3, 0.4) is 0 Å². The number of aryl methyl sites for hydroxylation is 2. The van der Waals surface area contributed by atoms with Gasteiger partial charge < -0.3 is 10.8 Å². The molecule has 1 aromatic rings. The number of benzene rings is 1. The van der Waals surface area contributed by atoms with Crippen LogP contribution in [0.4, 0.5) is 5.69 Å². The highest BCUT2D eigenvalue weighted by Gasteiger charge is 2.28. The summed E-state index contributed by atoms with van der Waals surface area (Å²) in [7, 11) is 0. The van der Waals surface area contributed by atoms with Crippen LogP contribution in [0.25, 0.3) is 0 Å². The molecule has 1 atom stereocenters. The first kappa shape index (κ1) is 13.9. The van der Waals surface area contributed by atoms with Crippen molar-refractivity contribution < 1.29 is 9.90 Å². The maximum absolute atomic E-state index is 11.6. The molecule has 19 heavy (non-hydrogen) atoms. The van der Waals surface area contributed by atoms with E-state index in [0.717, 1.165) is 36.0 Å². The molecular formula is C16H23NO2. The zero-order valence-corrected chi connectivity index (χ0v) is 11.8. The minimum Gasteiger partial charge on any atom is -0.481 e. The molecule has 3 nitrogen and oxygen atoms in total. The van der Waals surface area contributed by atoms with Gasteiger partial charge in [-0.3, -0.25) is 4.79 Å². The van der Waals surface area contributed by atoms with Crippen molar-refractivity contribution in [2.45, 2.75) is 51.9 Å². The molecule has 0 radical (unpaired) electrons. The summed E-state index contributed by atoms with van der Waals surface area (Å²) >= 11 is 0. The lowest BCUT2D eigenvalue weighted by molar-refractivity contribution is -0.139. The largest absolute Gasteiger partial charge is 0.481 e. The highest BCUT2D eigenvalue weighted by atomic mass is 16.4. The summed E-state index contributed by atoms with van der Waals surface area (Å²) in [5.74, 6) is -0.661. The van der Waals surface area contributed by atoms with Crippen molar-refractivity contribution in [3.63, 3.8) is 0 Å². The van der Waals surface area contributed by atoms with E-state index in [2.05, 4.69) is 0 Å². The molecular weight excluding hydrogens is 238 g/mol. The van der Waals surface area contributed by atoms with Gasteiger partial charge in [0.1, 0.15) is 0 Å². The highest BCUT2D eigenvalue weighted by Crippen LogP contribution is 2.37. The number of carboxylic acid groups (broad SMARTS) is 1. The lowest BCUT2D eigenvalue weighted by Gasteiger charge is -2.20. The van der Waals surface area contributed by atoms with E-state index in [4.69, 9.17) is 5.73 Å². The maximum atomic E-state index is 11.6. The van der Waals surface area contributed by atoms with Crippen LogP contribution >= 0.6 is 0 Å². The topological polar surface area (TPSA) is 63.3 Å². The molecule has 0 spiro atoms. The highest BCUT2D eigenvalue weighted by molar-refractivity contribution is 5.79. The van der Waals surface area contributed by atoms with Crippen molar-refractivity contribution in [3.05, 3.63) is 28.8 Å². The summed E-state index contributed by atoms with van der Waals surface area (Å²) in [5, 5.41) is 9.54. The van der Waals surface area contributed by atoms with Crippen LogP contribution in [0, 0.1) is 19.8 Å². The summed E-state index contributed by atoms with van der Waals surface area (Å²) in [6.07, 6.45) is 5.52. The van der Waals surface area contributed by atoms with Crippen molar-refractivity contribution in [1.82, 2.24) is 0 Å². The Labute approximate surface area is 114 Å². The molecule has 0 aromatic heterocycles. The predicted octanol–water partition coefficient (Wildman–Crippen LogP) is 3.63. The van der Waals surface area contributed by atoms with E-state index >= 15 is 0 Å². The molecule has 0 aliphatic heterocycles. The molecule has 1 unspecified atom stereocenters. The third-order valence-electron chi connectivity index (χ3n) is 4.28. The maximum Gasteiger partial charge on any atom is 0.311 e. The molecule has 0 heterocycles. The summed E-state index contributed by atoms with van der Waals surface area (Å²) in [4.78, 5) is 11.6. The van der Waals surface area contributed by atoms with Gasteiger partial charge in [-0.2, -0.15) is 0 Å². The molecule has 1 aromatic carbocycles. The van der Waals surface area contributed by atoms with E-state index in [9.17, 15) is 9.90 Å². The number of aliphatic carboxylic acids is 1. The fourth-order valence-corrected chi connectivity index (χ4v) is 3.24. The molecule has 1 saturated carbocycles. The number of hydrogen-bond acceptors (Lipinski definition) is 2. The van der Waals surface area contributed by atoms with Gasteiger partial charge >= 0.3 is 5.97 Å². The molecule has 0 saturated heterocycles. The minimum atomic E-state index is -0.747. The second-order valence-corrected chi connectivity index (χ2v) is 5.86. The standard InChI is InChI=1S/C16H23NO2/c1-10-7-11(2)15(17)13(8-10)14(16(18)19)9-12-5-3-4-6-12/h7-8,12,14H,3-6,9,17H2,1-2H3,(H,18,19). The normalized spacial score (nSPS) is 17.6. The number of carboxylic acids is 1. The first-order valence-electron chi connectivity index (χ1n) is 7.08. The van der Waals surface area contributed by atoms with Crippen LogP contribution in [0.1, 0.15) is 54.7 Å². The Morgan fingerprint density at radius 3 is 2.58 bits per heavy atom. The van der Waals surface area contributed by atoms with Gasteiger partial charge in [0, 0.05) is 5.69 Å². The quantitative estimate of drug-likeness (QED) is 0.813. The average Bonchev–Trinajstić information content (AvgIpc) is 2.83. The van der Waals surface area contributed by atoms with Crippen LogP contribution in [-0.4, -0.2) is 11.1 Å². The van der Waals surface area contributed by atoms with Crippen LogP contribution in [0.2, 0.25) is 0 Å². The number of nitrogens with two attached hydrogens (primary N) is 1. The van der Waals surface area contributed by atoms with E-state index in [1.54, 1.807) is 0 Å². The van der Waals surface area contributed by atoms with Gasteiger partial charge in [-0.25, -0.2) is 0 Å². The van der Waals surface area contributed by atoms with E-state index < -0.39 is 11.9 Å². The SMILES string of the molecule is Cc1cc(C)c(N)c(C(CC2CCCC2)C(=O)O)c1. The van der Waals surface area contributed by atoms with Gasteiger partial charge in [0.2, 0.25) is 0 Å². The van der Waals surface area contributed by atoms with Crippen molar-refractivity contribution in [2.24, 2.45) is 5.92 Å². The molecule has 3 N–H and O–H groups in total. The summed E-state index contributed by atoms with van der Waals surface area (Å²) in [6, 6.07) is 3.95. The second kappa shape index (κ2) is 5.64. The second-order valence-electron chi connectivity index (χ2n) is 5.86. The molecule has 104 valence electrons. The first-order valence-corrected chi connectivity index (χ1v) is 7.08. The molecule has 1 fully saturated rings. The molecule has 3 heteroatoms. The Hall–Kier alpha value is -1.51. The van der Waals surface area contributed by atoms with Crippen LogP contribution in [0.5, 0.6) is 0 Å². The Bertz CT molecular complexity index is 476. The van der Waals surface area contributed by atoms with Gasteiger partial charge in [0.25, 0.3) is 0 Å². The zero-order valence-electron chi connectivity index (χ0n) is 11.8. The van der Waals surface area contributed by atoms with Crippen molar-refractivity contribution in [2.75, 3.05) is 5.73 Å². The number of carbonyl (C=O) groups is 1. The Balaban J connectivity index is 2.30. The zero-order chi connectivity index (χ0) is 14.0. The molecule has 0 bridgehead atoms.